The van der Waals surface area contributed by atoms with Crippen molar-refractivity contribution in [3.05, 3.63) is 58.1 Å². The number of carbonyl (C=O) groups is 1. The zero-order valence-electron chi connectivity index (χ0n) is 14.2. The summed E-state index contributed by atoms with van der Waals surface area (Å²) in [5, 5.41) is 0. The molecule has 0 fully saturated rings. The number of hydrogen-bond donors (Lipinski definition) is 0. The third kappa shape index (κ3) is 1.78. The highest BCUT2D eigenvalue weighted by molar-refractivity contribution is 9.10. The summed E-state index contributed by atoms with van der Waals surface area (Å²) in [6, 6.07) is 14.1. The molecule has 0 bridgehead atoms. The van der Waals surface area contributed by atoms with Crippen molar-refractivity contribution in [3.63, 3.8) is 0 Å². The van der Waals surface area contributed by atoms with Crippen LogP contribution in [-0.2, 0) is 10.2 Å². The largest absolute Gasteiger partial charge is 0.314 e. The number of para-hydroxylation sites is 1. The second kappa shape index (κ2) is 4.79. The molecule has 2 aliphatic rings. The van der Waals surface area contributed by atoms with E-state index in [-0.39, 0.29) is 11.3 Å². The molecule has 3 nitrogen and oxygen atoms in total. The van der Waals surface area contributed by atoms with E-state index in [0.29, 0.717) is 0 Å². The monoisotopic (exact) mass is 382 g/mol. The minimum atomic E-state index is -0.817. The molecule has 0 N–H and O–H groups in total. The van der Waals surface area contributed by atoms with Gasteiger partial charge in [-0.1, -0.05) is 54.9 Å². The fourth-order valence-corrected chi connectivity index (χ4v) is 4.38. The molecular weight excluding hydrogens is 364 g/mol. The van der Waals surface area contributed by atoms with Crippen LogP contribution in [0.25, 0.3) is 0 Å². The number of amides is 1. The number of aliphatic imine (C=N–C) groups is 1. The van der Waals surface area contributed by atoms with E-state index in [0.717, 1.165) is 32.7 Å². The molecule has 0 aromatic heterocycles. The summed E-state index contributed by atoms with van der Waals surface area (Å²) >= 11 is 3.58. The Labute approximate surface area is 150 Å². The highest BCUT2D eigenvalue weighted by Gasteiger charge is 2.60. The summed E-state index contributed by atoms with van der Waals surface area (Å²) in [7, 11) is 1.85. The standard InChI is InChI=1S/C20H19BrN2O/c1-19(2,3)17-20(13-7-5-6-8-15(13)22-17)14-11-12(21)9-10-16(14)23(4)18(20)24/h5-11H,1-4H3. The van der Waals surface area contributed by atoms with E-state index in [4.69, 9.17) is 4.99 Å². The lowest BCUT2D eigenvalue weighted by molar-refractivity contribution is -0.119. The molecule has 0 saturated heterocycles. The molecule has 2 aromatic rings. The average molecular weight is 383 g/mol. The maximum Gasteiger partial charge on any atom is 0.247 e. The summed E-state index contributed by atoms with van der Waals surface area (Å²) in [4.78, 5) is 20.2. The first-order valence-electron chi connectivity index (χ1n) is 8.05. The summed E-state index contributed by atoms with van der Waals surface area (Å²) in [6.07, 6.45) is 0. The number of hydrogen-bond acceptors (Lipinski definition) is 2. The Kier molecular flexibility index (Phi) is 3.11. The number of likely N-dealkylation sites (N-methyl/N-ethyl adjacent to an activating group) is 1. The Bertz CT molecular complexity index is 910. The first-order valence-corrected chi connectivity index (χ1v) is 8.84. The number of rotatable bonds is 0. The van der Waals surface area contributed by atoms with Crippen LogP contribution in [0.4, 0.5) is 11.4 Å². The van der Waals surface area contributed by atoms with Gasteiger partial charge in [0.15, 0.2) is 0 Å². The molecule has 1 atom stereocenters. The van der Waals surface area contributed by atoms with Gasteiger partial charge in [0.2, 0.25) is 5.91 Å². The van der Waals surface area contributed by atoms with Crippen LogP contribution in [0.3, 0.4) is 0 Å². The smallest absolute Gasteiger partial charge is 0.247 e. The highest BCUT2D eigenvalue weighted by Crippen LogP contribution is 2.56. The normalized spacial score (nSPS) is 22.0. The minimum absolute atomic E-state index is 0.0780. The van der Waals surface area contributed by atoms with E-state index in [1.165, 1.54) is 0 Å². The van der Waals surface area contributed by atoms with Gasteiger partial charge in [-0.3, -0.25) is 9.79 Å². The van der Waals surface area contributed by atoms with Crippen molar-refractivity contribution in [3.8, 4) is 0 Å². The molecule has 1 unspecified atom stereocenters. The van der Waals surface area contributed by atoms with Gasteiger partial charge in [0.05, 0.1) is 5.69 Å². The van der Waals surface area contributed by atoms with Crippen molar-refractivity contribution in [2.75, 3.05) is 11.9 Å². The molecule has 0 saturated carbocycles. The van der Waals surface area contributed by atoms with Crippen molar-refractivity contribution < 1.29 is 4.79 Å². The van der Waals surface area contributed by atoms with E-state index >= 15 is 0 Å². The zero-order valence-corrected chi connectivity index (χ0v) is 15.8. The van der Waals surface area contributed by atoms with Gasteiger partial charge in [-0.25, -0.2) is 0 Å². The van der Waals surface area contributed by atoms with Crippen LogP contribution in [0.5, 0.6) is 0 Å². The lowest BCUT2D eigenvalue weighted by Gasteiger charge is -2.33. The average Bonchev–Trinajstić information content (AvgIpc) is 2.98. The van der Waals surface area contributed by atoms with Gasteiger partial charge in [0.1, 0.15) is 5.41 Å². The molecular formula is C20H19BrN2O. The topological polar surface area (TPSA) is 32.7 Å². The van der Waals surface area contributed by atoms with Gasteiger partial charge < -0.3 is 4.90 Å². The molecule has 4 rings (SSSR count). The second-order valence-corrected chi connectivity index (χ2v) is 8.42. The van der Waals surface area contributed by atoms with Crippen LogP contribution >= 0.6 is 15.9 Å². The SMILES string of the molecule is CN1C(=O)C2(C(C(C)(C)C)=Nc3ccccc32)c2cc(Br)ccc21. The van der Waals surface area contributed by atoms with Gasteiger partial charge >= 0.3 is 0 Å². The summed E-state index contributed by atoms with van der Waals surface area (Å²) < 4.78 is 0.973. The van der Waals surface area contributed by atoms with Gasteiger partial charge in [0, 0.05) is 39.5 Å². The van der Waals surface area contributed by atoms with Crippen LogP contribution in [0, 0.1) is 5.41 Å². The van der Waals surface area contributed by atoms with E-state index in [9.17, 15) is 4.79 Å². The van der Waals surface area contributed by atoms with Gasteiger partial charge in [0.25, 0.3) is 0 Å². The highest BCUT2D eigenvalue weighted by atomic mass is 79.9. The predicted octanol–water partition coefficient (Wildman–Crippen LogP) is 4.84. The third-order valence-electron chi connectivity index (χ3n) is 4.96. The number of nitrogens with zero attached hydrogens (tertiary/aromatic N) is 2. The van der Waals surface area contributed by atoms with Crippen molar-refractivity contribution in [2.45, 2.75) is 26.2 Å². The summed E-state index contributed by atoms with van der Waals surface area (Å²) in [6.45, 7) is 6.38. The molecule has 2 aliphatic heterocycles. The molecule has 1 amide bonds. The van der Waals surface area contributed by atoms with E-state index in [2.05, 4.69) is 42.8 Å². The molecule has 1 spiro atoms. The lowest BCUT2D eigenvalue weighted by atomic mass is 9.66. The first-order chi connectivity index (χ1) is 11.3. The molecule has 0 radical (unpaired) electrons. The summed E-state index contributed by atoms with van der Waals surface area (Å²) in [5.74, 6) is 0.0780. The van der Waals surface area contributed by atoms with Crippen molar-refractivity contribution >= 4 is 38.9 Å². The van der Waals surface area contributed by atoms with Gasteiger partial charge in [-0.2, -0.15) is 0 Å². The first kappa shape index (κ1) is 15.6. The van der Waals surface area contributed by atoms with Crippen LogP contribution < -0.4 is 4.90 Å². The molecule has 122 valence electrons. The van der Waals surface area contributed by atoms with E-state index in [1.54, 1.807) is 4.90 Å². The lowest BCUT2D eigenvalue weighted by Crippen LogP contribution is -2.48. The number of carbonyl (C=O) groups excluding carboxylic acids is 1. The molecule has 2 heterocycles. The maximum absolute atomic E-state index is 13.5. The Morgan fingerprint density at radius 1 is 1.08 bits per heavy atom. The van der Waals surface area contributed by atoms with Crippen LogP contribution in [0.15, 0.2) is 51.9 Å². The molecule has 4 heteroatoms. The quantitative estimate of drug-likeness (QED) is 0.641. The number of benzene rings is 2. The van der Waals surface area contributed by atoms with Crippen molar-refractivity contribution in [2.24, 2.45) is 10.4 Å². The Morgan fingerprint density at radius 2 is 1.79 bits per heavy atom. The third-order valence-corrected chi connectivity index (χ3v) is 5.45. The predicted molar refractivity (Wildman–Crippen MR) is 101 cm³/mol. The minimum Gasteiger partial charge on any atom is -0.314 e. The zero-order chi connectivity index (χ0) is 17.3. The molecule has 0 aliphatic carbocycles. The van der Waals surface area contributed by atoms with Crippen LogP contribution in [0.2, 0.25) is 0 Å². The van der Waals surface area contributed by atoms with Gasteiger partial charge in [-0.05, 0) is 24.3 Å². The Hall–Kier alpha value is -1.94. The second-order valence-electron chi connectivity index (χ2n) is 7.50. The summed E-state index contributed by atoms with van der Waals surface area (Å²) in [5.41, 5.74) is 3.74. The van der Waals surface area contributed by atoms with Crippen LogP contribution in [-0.4, -0.2) is 18.7 Å². The number of anilines is 1. The molecule has 24 heavy (non-hydrogen) atoms. The van der Waals surface area contributed by atoms with Crippen LogP contribution in [0.1, 0.15) is 31.9 Å². The van der Waals surface area contributed by atoms with Gasteiger partial charge in [-0.15, -0.1) is 0 Å². The Balaban J connectivity index is 2.14. The number of fused-ring (bicyclic) bond motifs is 4. The van der Waals surface area contributed by atoms with Crippen molar-refractivity contribution in [1.82, 2.24) is 0 Å². The van der Waals surface area contributed by atoms with E-state index in [1.807, 2.05) is 43.4 Å². The number of halogens is 1. The maximum atomic E-state index is 13.5. The van der Waals surface area contributed by atoms with Crippen molar-refractivity contribution in [1.29, 1.82) is 0 Å². The fourth-order valence-electron chi connectivity index (χ4n) is 4.02. The van der Waals surface area contributed by atoms with E-state index < -0.39 is 5.41 Å². The Morgan fingerprint density at radius 3 is 2.50 bits per heavy atom. The molecule has 2 aromatic carbocycles. The fraction of sp³-hybridized carbons (Fsp3) is 0.300.